The lowest BCUT2D eigenvalue weighted by molar-refractivity contribution is 0.0943. The number of piperidine rings is 1. The monoisotopic (exact) mass is 292 g/mol. The average molecular weight is 292 g/mol. The molecule has 2 heterocycles. The number of aryl methyl sites for hydroxylation is 1. The number of aromatic nitrogens is 2. The van der Waals surface area contributed by atoms with Crippen molar-refractivity contribution in [2.45, 2.75) is 45.7 Å². The van der Waals surface area contributed by atoms with Crippen LogP contribution in [0.15, 0.2) is 12.4 Å². The van der Waals surface area contributed by atoms with Gasteiger partial charge in [0.25, 0.3) is 0 Å². The maximum Gasteiger partial charge on any atom is 0.409 e. The van der Waals surface area contributed by atoms with E-state index in [-0.39, 0.29) is 12.1 Å². The number of ether oxygens (including phenoxy) is 1. The van der Waals surface area contributed by atoms with Gasteiger partial charge in [-0.05, 0) is 33.6 Å². The first kappa shape index (κ1) is 15.7. The number of carbonyl (C=O) groups excluding carboxylic acids is 1. The highest BCUT2D eigenvalue weighted by Crippen LogP contribution is 2.17. The van der Waals surface area contributed by atoms with Gasteiger partial charge in [-0.25, -0.2) is 4.79 Å². The first-order valence-electron chi connectivity index (χ1n) is 7.57. The summed E-state index contributed by atoms with van der Waals surface area (Å²) in [6.07, 6.45) is 5.10. The van der Waals surface area contributed by atoms with E-state index in [1.807, 2.05) is 13.8 Å². The average Bonchev–Trinajstić information content (AvgIpc) is 2.48. The van der Waals surface area contributed by atoms with E-state index in [9.17, 15) is 4.79 Å². The summed E-state index contributed by atoms with van der Waals surface area (Å²) in [5.41, 5.74) is 1.95. The van der Waals surface area contributed by atoms with Crippen molar-refractivity contribution < 1.29 is 9.53 Å². The summed E-state index contributed by atoms with van der Waals surface area (Å²) < 4.78 is 5.03. The molecule has 1 N–H and O–H groups in total. The number of carbonyl (C=O) groups is 1. The highest BCUT2D eigenvalue weighted by Gasteiger charge is 2.25. The van der Waals surface area contributed by atoms with E-state index < -0.39 is 0 Å². The van der Waals surface area contributed by atoms with E-state index >= 15 is 0 Å². The van der Waals surface area contributed by atoms with Crippen LogP contribution in [0.3, 0.4) is 0 Å². The Morgan fingerprint density at radius 1 is 1.43 bits per heavy atom. The molecule has 0 bridgehead atoms. The molecule has 6 nitrogen and oxygen atoms in total. The molecular weight excluding hydrogens is 268 g/mol. The highest BCUT2D eigenvalue weighted by molar-refractivity contribution is 5.67. The van der Waals surface area contributed by atoms with Gasteiger partial charge in [-0.1, -0.05) is 0 Å². The third kappa shape index (κ3) is 4.14. The third-order valence-electron chi connectivity index (χ3n) is 3.84. The fraction of sp³-hybridized carbons (Fsp3) is 0.667. The molecule has 0 aromatic carbocycles. The van der Waals surface area contributed by atoms with Crippen molar-refractivity contribution in [3.63, 3.8) is 0 Å². The smallest absolute Gasteiger partial charge is 0.409 e. The van der Waals surface area contributed by atoms with Crippen molar-refractivity contribution in [3.8, 4) is 0 Å². The van der Waals surface area contributed by atoms with E-state index in [0.29, 0.717) is 12.6 Å². The van der Waals surface area contributed by atoms with Gasteiger partial charge in [0.1, 0.15) is 0 Å². The van der Waals surface area contributed by atoms with Gasteiger partial charge >= 0.3 is 6.09 Å². The van der Waals surface area contributed by atoms with Crippen LogP contribution in [0.25, 0.3) is 0 Å². The molecule has 1 aromatic rings. The van der Waals surface area contributed by atoms with Crippen LogP contribution >= 0.6 is 0 Å². The third-order valence-corrected chi connectivity index (χ3v) is 3.84. The molecule has 1 saturated heterocycles. The number of nitrogens with zero attached hydrogens (tertiary/aromatic N) is 3. The topological polar surface area (TPSA) is 67.3 Å². The molecule has 0 saturated carbocycles. The SMILES string of the molecule is CCOC(=O)N1CCC(NC(C)c2nccnc2C)CC1. The van der Waals surface area contributed by atoms with E-state index in [0.717, 1.165) is 37.3 Å². The van der Waals surface area contributed by atoms with E-state index in [1.165, 1.54) is 0 Å². The number of hydrogen-bond donors (Lipinski definition) is 1. The van der Waals surface area contributed by atoms with Crippen LogP contribution in [-0.2, 0) is 4.74 Å². The molecule has 2 rings (SSSR count). The molecule has 1 atom stereocenters. The minimum Gasteiger partial charge on any atom is -0.450 e. The molecule has 0 spiro atoms. The summed E-state index contributed by atoms with van der Waals surface area (Å²) >= 11 is 0. The van der Waals surface area contributed by atoms with Gasteiger partial charge in [0, 0.05) is 37.6 Å². The lowest BCUT2D eigenvalue weighted by atomic mass is 10.0. The Hall–Kier alpha value is -1.69. The molecule has 1 unspecified atom stereocenters. The van der Waals surface area contributed by atoms with Gasteiger partial charge in [-0.2, -0.15) is 0 Å². The molecule has 21 heavy (non-hydrogen) atoms. The Labute approximate surface area is 125 Å². The molecular formula is C15H24N4O2. The zero-order valence-electron chi connectivity index (χ0n) is 13.0. The summed E-state index contributed by atoms with van der Waals surface area (Å²) in [4.78, 5) is 22.1. The van der Waals surface area contributed by atoms with Crippen LogP contribution in [-0.4, -0.2) is 46.7 Å². The van der Waals surface area contributed by atoms with Gasteiger partial charge in [-0.3, -0.25) is 9.97 Å². The van der Waals surface area contributed by atoms with E-state index in [1.54, 1.807) is 17.3 Å². The second kappa shape index (κ2) is 7.36. The maximum atomic E-state index is 11.7. The van der Waals surface area contributed by atoms with Crippen molar-refractivity contribution >= 4 is 6.09 Å². The molecule has 116 valence electrons. The molecule has 0 radical (unpaired) electrons. The van der Waals surface area contributed by atoms with Gasteiger partial charge < -0.3 is 15.0 Å². The molecule has 1 aliphatic heterocycles. The number of amides is 1. The molecule has 6 heteroatoms. The van der Waals surface area contributed by atoms with Crippen LogP contribution < -0.4 is 5.32 Å². The standard InChI is InChI=1S/C15H24N4O2/c1-4-21-15(20)19-9-5-13(6-10-19)18-12(3)14-11(2)16-7-8-17-14/h7-8,12-13,18H,4-6,9-10H2,1-3H3. The first-order valence-corrected chi connectivity index (χ1v) is 7.57. The molecule has 1 aromatic heterocycles. The second-order valence-corrected chi connectivity index (χ2v) is 5.38. The van der Waals surface area contributed by atoms with Gasteiger partial charge in [-0.15, -0.1) is 0 Å². The van der Waals surface area contributed by atoms with Crippen molar-refractivity contribution in [2.24, 2.45) is 0 Å². The van der Waals surface area contributed by atoms with Crippen molar-refractivity contribution in [2.75, 3.05) is 19.7 Å². The van der Waals surface area contributed by atoms with Crippen molar-refractivity contribution in [1.29, 1.82) is 0 Å². The summed E-state index contributed by atoms with van der Waals surface area (Å²) in [7, 11) is 0. The zero-order valence-corrected chi connectivity index (χ0v) is 13.0. The predicted octanol–water partition coefficient (Wildman–Crippen LogP) is 2.06. The largest absolute Gasteiger partial charge is 0.450 e. The Morgan fingerprint density at radius 3 is 2.71 bits per heavy atom. The van der Waals surface area contributed by atoms with Crippen LogP contribution in [0, 0.1) is 6.92 Å². The Morgan fingerprint density at radius 2 is 2.10 bits per heavy atom. The maximum absolute atomic E-state index is 11.7. The summed E-state index contributed by atoms with van der Waals surface area (Å²) in [6, 6.07) is 0.560. The van der Waals surface area contributed by atoms with E-state index in [2.05, 4.69) is 22.2 Å². The van der Waals surface area contributed by atoms with Crippen molar-refractivity contribution in [3.05, 3.63) is 23.8 Å². The predicted molar refractivity (Wildman–Crippen MR) is 79.9 cm³/mol. The van der Waals surface area contributed by atoms with Crippen LogP contribution in [0.4, 0.5) is 4.79 Å². The normalized spacial score (nSPS) is 17.6. The fourth-order valence-corrected chi connectivity index (χ4v) is 2.72. The van der Waals surface area contributed by atoms with Gasteiger partial charge in [0.05, 0.1) is 18.0 Å². The van der Waals surface area contributed by atoms with Crippen LogP contribution in [0.5, 0.6) is 0 Å². The highest BCUT2D eigenvalue weighted by atomic mass is 16.6. The lowest BCUT2D eigenvalue weighted by Gasteiger charge is -2.33. The summed E-state index contributed by atoms with van der Waals surface area (Å²) in [5.74, 6) is 0. The molecule has 1 amide bonds. The quantitative estimate of drug-likeness (QED) is 0.920. The summed E-state index contributed by atoms with van der Waals surface area (Å²) in [5, 5.41) is 3.59. The lowest BCUT2D eigenvalue weighted by Crippen LogP contribution is -2.45. The number of likely N-dealkylation sites (tertiary alicyclic amines) is 1. The van der Waals surface area contributed by atoms with Gasteiger partial charge in [0.15, 0.2) is 0 Å². The minimum atomic E-state index is -0.200. The first-order chi connectivity index (χ1) is 10.1. The Kier molecular flexibility index (Phi) is 5.50. The molecule has 1 aliphatic rings. The molecule has 1 fully saturated rings. The second-order valence-electron chi connectivity index (χ2n) is 5.38. The zero-order chi connectivity index (χ0) is 15.2. The fourth-order valence-electron chi connectivity index (χ4n) is 2.72. The minimum absolute atomic E-state index is 0.165. The number of hydrogen-bond acceptors (Lipinski definition) is 5. The number of rotatable bonds is 4. The Bertz CT molecular complexity index is 472. The number of nitrogens with one attached hydrogen (secondary N) is 1. The van der Waals surface area contributed by atoms with Crippen LogP contribution in [0.2, 0.25) is 0 Å². The Balaban J connectivity index is 1.83. The molecule has 0 aliphatic carbocycles. The van der Waals surface area contributed by atoms with Gasteiger partial charge in [0.2, 0.25) is 0 Å². The van der Waals surface area contributed by atoms with Crippen LogP contribution in [0.1, 0.15) is 44.1 Å². The summed E-state index contributed by atoms with van der Waals surface area (Å²) in [6.45, 7) is 7.82. The van der Waals surface area contributed by atoms with Crippen molar-refractivity contribution in [1.82, 2.24) is 20.2 Å². The van der Waals surface area contributed by atoms with E-state index in [4.69, 9.17) is 4.74 Å².